The molecule has 0 radical (unpaired) electrons. The van der Waals surface area contributed by atoms with E-state index >= 15 is 0 Å². The second kappa shape index (κ2) is 9.87. The van der Waals surface area contributed by atoms with E-state index in [1.165, 1.54) is 0 Å². The molecule has 0 aliphatic carbocycles. The van der Waals surface area contributed by atoms with Crippen molar-refractivity contribution in [1.29, 1.82) is 0 Å². The van der Waals surface area contributed by atoms with E-state index in [0.29, 0.717) is 37.4 Å². The van der Waals surface area contributed by atoms with Crippen LogP contribution in [0.1, 0.15) is 30.9 Å². The van der Waals surface area contributed by atoms with Crippen LogP contribution in [0, 0.1) is 0 Å². The van der Waals surface area contributed by atoms with Gasteiger partial charge in [-0.25, -0.2) is 0 Å². The zero-order valence-corrected chi connectivity index (χ0v) is 15.7. The summed E-state index contributed by atoms with van der Waals surface area (Å²) in [5.41, 5.74) is 0.971. The van der Waals surface area contributed by atoms with Gasteiger partial charge in [0.05, 0.1) is 6.04 Å². The molecule has 1 saturated heterocycles. The van der Waals surface area contributed by atoms with Crippen molar-refractivity contribution in [2.24, 2.45) is 0 Å². The van der Waals surface area contributed by atoms with Crippen LogP contribution in [0.2, 0.25) is 5.02 Å². The van der Waals surface area contributed by atoms with Crippen molar-refractivity contribution >= 4 is 35.8 Å². The largest absolute Gasteiger partial charge is 0.349 e. The molecule has 1 aromatic rings. The number of piperazine rings is 1. The molecule has 1 fully saturated rings. The minimum absolute atomic E-state index is 0. The van der Waals surface area contributed by atoms with Gasteiger partial charge >= 0.3 is 0 Å². The summed E-state index contributed by atoms with van der Waals surface area (Å²) < 4.78 is 0. The molecule has 1 aromatic carbocycles. The predicted molar refractivity (Wildman–Crippen MR) is 98.6 cm³/mol. The fourth-order valence-electron chi connectivity index (χ4n) is 2.78. The van der Waals surface area contributed by atoms with Crippen molar-refractivity contribution < 1.29 is 9.59 Å². The standard InChI is InChI=1S/C17H24ClN3O2.ClH/c1-20(2)16(22)8-5-9-17(23)21-11-10-19-12-15(21)13-6-3-4-7-14(13)18;/h3-4,6-7,15,19H,5,8-12H2,1-2H3;1H. The van der Waals surface area contributed by atoms with Gasteiger partial charge in [0.2, 0.25) is 11.8 Å². The SMILES string of the molecule is CN(C)C(=O)CCCC(=O)N1CCNCC1c1ccccc1Cl.Cl. The Morgan fingerprint density at radius 3 is 2.67 bits per heavy atom. The Morgan fingerprint density at radius 1 is 1.29 bits per heavy atom. The first-order valence-corrected chi connectivity index (χ1v) is 8.33. The topological polar surface area (TPSA) is 52.7 Å². The Morgan fingerprint density at radius 2 is 2.00 bits per heavy atom. The van der Waals surface area contributed by atoms with Crippen LogP contribution in [-0.2, 0) is 9.59 Å². The Bertz CT molecular complexity index is 567. The molecule has 7 heteroatoms. The summed E-state index contributed by atoms with van der Waals surface area (Å²) in [4.78, 5) is 27.6. The van der Waals surface area contributed by atoms with Crippen molar-refractivity contribution in [3.8, 4) is 0 Å². The van der Waals surface area contributed by atoms with Crippen LogP contribution in [-0.4, -0.2) is 55.3 Å². The molecule has 1 aliphatic heterocycles. The Kier molecular flexibility index (Phi) is 8.53. The molecule has 5 nitrogen and oxygen atoms in total. The van der Waals surface area contributed by atoms with Crippen LogP contribution in [0.15, 0.2) is 24.3 Å². The summed E-state index contributed by atoms with van der Waals surface area (Å²) in [6, 6.07) is 7.60. The highest BCUT2D eigenvalue weighted by molar-refractivity contribution is 6.31. The number of hydrogen-bond donors (Lipinski definition) is 1. The maximum Gasteiger partial charge on any atom is 0.223 e. The van der Waals surface area contributed by atoms with Gasteiger partial charge in [0.25, 0.3) is 0 Å². The number of carbonyl (C=O) groups is 2. The van der Waals surface area contributed by atoms with Gasteiger partial charge in [-0.15, -0.1) is 12.4 Å². The lowest BCUT2D eigenvalue weighted by atomic mass is 10.0. The first-order chi connectivity index (χ1) is 11.0. The van der Waals surface area contributed by atoms with Gasteiger partial charge in [-0.2, -0.15) is 0 Å². The van der Waals surface area contributed by atoms with Gasteiger partial charge in [0, 0.05) is 51.6 Å². The van der Waals surface area contributed by atoms with E-state index in [-0.39, 0.29) is 30.3 Å². The second-order valence-corrected chi connectivity index (χ2v) is 6.38. The summed E-state index contributed by atoms with van der Waals surface area (Å²) in [6.45, 7) is 2.14. The zero-order valence-electron chi connectivity index (χ0n) is 14.1. The molecule has 1 aliphatic rings. The highest BCUT2D eigenvalue weighted by Gasteiger charge is 2.28. The van der Waals surface area contributed by atoms with Crippen LogP contribution in [0.4, 0.5) is 0 Å². The quantitative estimate of drug-likeness (QED) is 0.862. The number of carbonyl (C=O) groups excluding carboxylic acids is 2. The fourth-order valence-corrected chi connectivity index (χ4v) is 3.05. The van der Waals surface area contributed by atoms with Crippen molar-refractivity contribution in [3.05, 3.63) is 34.9 Å². The molecule has 24 heavy (non-hydrogen) atoms. The average Bonchev–Trinajstić information content (AvgIpc) is 2.55. The third kappa shape index (κ3) is 5.36. The maximum atomic E-state index is 12.6. The van der Waals surface area contributed by atoms with Crippen LogP contribution < -0.4 is 5.32 Å². The monoisotopic (exact) mass is 373 g/mol. The number of hydrogen-bond acceptors (Lipinski definition) is 3. The van der Waals surface area contributed by atoms with Gasteiger partial charge < -0.3 is 15.1 Å². The van der Waals surface area contributed by atoms with Crippen LogP contribution in [0.3, 0.4) is 0 Å². The predicted octanol–water partition coefficient (Wildman–Crippen LogP) is 2.49. The van der Waals surface area contributed by atoms with E-state index in [2.05, 4.69) is 5.32 Å². The average molecular weight is 374 g/mol. The lowest BCUT2D eigenvalue weighted by Crippen LogP contribution is -2.48. The first-order valence-electron chi connectivity index (χ1n) is 7.95. The van der Waals surface area contributed by atoms with E-state index < -0.39 is 0 Å². The molecule has 0 saturated carbocycles. The molecule has 1 unspecified atom stereocenters. The zero-order chi connectivity index (χ0) is 16.8. The number of nitrogens with one attached hydrogen (secondary N) is 1. The highest BCUT2D eigenvalue weighted by Crippen LogP contribution is 2.29. The third-order valence-corrected chi connectivity index (χ3v) is 4.45. The van der Waals surface area contributed by atoms with Crippen molar-refractivity contribution in [2.45, 2.75) is 25.3 Å². The molecule has 2 rings (SSSR count). The molecule has 0 aromatic heterocycles. The molecular formula is C17H25Cl2N3O2. The van der Waals surface area contributed by atoms with Gasteiger partial charge in [0.15, 0.2) is 0 Å². The lowest BCUT2D eigenvalue weighted by Gasteiger charge is -2.37. The lowest BCUT2D eigenvalue weighted by molar-refractivity contribution is -0.135. The molecule has 1 N–H and O–H groups in total. The Balaban J connectivity index is 0.00000288. The second-order valence-electron chi connectivity index (χ2n) is 5.97. The summed E-state index contributed by atoms with van der Waals surface area (Å²) in [5, 5.41) is 4.00. The molecular weight excluding hydrogens is 349 g/mol. The van der Waals surface area contributed by atoms with Gasteiger partial charge in [-0.3, -0.25) is 9.59 Å². The van der Waals surface area contributed by atoms with Crippen LogP contribution >= 0.6 is 24.0 Å². The molecule has 2 amide bonds. The van der Waals surface area contributed by atoms with E-state index in [4.69, 9.17) is 11.6 Å². The molecule has 134 valence electrons. The minimum atomic E-state index is -0.0468. The van der Waals surface area contributed by atoms with Crippen LogP contribution in [0.25, 0.3) is 0 Å². The Labute approximate surface area is 154 Å². The van der Waals surface area contributed by atoms with Crippen molar-refractivity contribution in [2.75, 3.05) is 33.7 Å². The first kappa shape index (κ1) is 20.7. The number of halogens is 2. The fraction of sp³-hybridized carbons (Fsp3) is 0.529. The number of benzene rings is 1. The van der Waals surface area contributed by atoms with E-state index in [0.717, 1.165) is 12.1 Å². The van der Waals surface area contributed by atoms with Crippen LogP contribution in [0.5, 0.6) is 0 Å². The van der Waals surface area contributed by atoms with E-state index in [9.17, 15) is 9.59 Å². The maximum absolute atomic E-state index is 12.6. The molecule has 1 heterocycles. The molecule has 1 atom stereocenters. The Hall–Kier alpha value is -1.30. The normalized spacial score (nSPS) is 17.1. The molecule has 0 bridgehead atoms. The third-order valence-electron chi connectivity index (χ3n) is 4.11. The smallest absolute Gasteiger partial charge is 0.223 e. The van der Waals surface area contributed by atoms with E-state index in [1.807, 2.05) is 29.2 Å². The number of nitrogens with zero attached hydrogens (tertiary/aromatic N) is 2. The van der Waals surface area contributed by atoms with Gasteiger partial charge in [-0.05, 0) is 18.1 Å². The summed E-state index contributed by atoms with van der Waals surface area (Å²) in [6.07, 6.45) is 1.37. The molecule has 0 spiro atoms. The highest BCUT2D eigenvalue weighted by atomic mass is 35.5. The van der Waals surface area contributed by atoms with E-state index in [1.54, 1.807) is 19.0 Å². The summed E-state index contributed by atoms with van der Waals surface area (Å²) in [5.74, 6) is 0.142. The van der Waals surface area contributed by atoms with Crippen molar-refractivity contribution in [1.82, 2.24) is 15.1 Å². The van der Waals surface area contributed by atoms with Crippen molar-refractivity contribution in [3.63, 3.8) is 0 Å². The van der Waals surface area contributed by atoms with Gasteiger partial charge in [-0.1, -0.05) is 29.8 Å². The summed E-state index contributed by atoms with van der Waals surface area (Å²) >= 11 is 6.29. The number of rotatable bonds is 5. The van der Waals surface area contributed by atoms with Gasteiger partial charge in [0.1, 0.15) is 0 Å². The number of amides is 2. The minimum Gasteiger partial charge on any atom is -0.349 e. The summed E-state index contributed by atoms with van der Waals surface area (Å²) in [7, 11) is 3.46.